The summed E-state index contributed by atoms with van der Waals surface area (Å²) in [5, 5.41) is 5.20. The van der Waals surface area contributed by atoms with Gasteiger partial charge in [0.05, 0.1) is 16.3 Å². The molecular weight excluding hydrogens is 262 g/mol. The molecule has 0 aliphatic rings. The SMILES string of the molecule is CNC(=O)CCNC(=O)c1cc(C)c(C#CCN)s1. The molecule has 102 valence electrons. The van der Waals surface area contributed by atoms with Gasteiger partial charge in [0, 0.05) is 20.0 Å². The van der Waals surface area contributed by atoms with Crippen molar-refractivity contribution in [3.63, 3.8) is 0 Å². The molecule has 2 amide bonds. The van der Waals surface area contributed by atoms with Crippen LogP contribution in [-0.4, -0.2) is 32.0 Å². The first-order valence-corrected chi connectivity index (χ1v) is 6.68. The van der Waals surface area contributed by atoms with E-state index in [9.17, 15) is 9.59 Å². The highest BCUT2D eigenvalue weighted by atomic mass is 32.1. The lowest BCUT2D eigenvalue weighted by Gasteiger charge is -2.02. The van der Waals surface area contributed by atoms with Gasteiger partial charge < -0.3 is 16.4 Å². The molecule has 19 heavy (non-hydrogen) atoms. The predicted octanol–water partition coefficient (Wildman–Crippen LogP) is 0.233. The van der Waals surface area contributed by atoms with E-state index in [1.165, 1.54) is 11.3 Å². The monoisotopic (exact) mass is 279 g/mol. The zero-order valence-electron chi connectivity index (χ0n) is 11.0. The third-order valence-corrected chi connectivity index (χ3v) is 3.51. The third kappa shape index (κ3) is 4.73. The van der Waals surface area contributed by atoms with E-state index in [0.29, 0.717) is 18.0 Å². The fraction of sp³-hybridized carbons (Fsp3) is 0.385. The number of rotatable bonds is 4. The average Bonchev–Trinajstić information content (AvgIpc) is 2.77. The van der Waals surface area contributed by atoms with Crippen molar-refractivity contribution < 1.29 is 9.59 Å². The molecule has 0 saturated heterocycles. The highest BCUT2D eigenvalue weighted by Crippen LogP contribution is 2.20. The summed E-state index contributed by atoms with van der Waals surface area (Å²) in [6.45, 7) is 2.52. The Kier molecular flexibility index (Phi) is 6.06. The number of hydrogen-bond acceptors (Lipinski definition) is 4. The van der Waals surface area contributed by atoms with Crippen molar-refractivity contribution in [2.24, 2.45) is 5.73 Å². The Labute approximate surface area is 116 Å². The average molecular weight is 279 g/mol. The van der Waals surface area contributed by atoms with Gasteiger partial charge in [-0.15, -0.1) is 11.3 Å². The molecule has 6 heteroatoms. The molecule has 0 fully saturated rings. The number of aryl methyl sites for hydroxylation is 1. The molecule has 0 radical (unpaired) electrons. The second-order valence-corrected chi connectivity index (χ2v) is 4.86. The summed E-state index contributed by atoms with van der Waals surface area (Å²) < 4.78 is 0. The van der Waals surface area contributed by atoms with Crippen molar-refractivity contribution in [1.29, 1.82) is 0 Å². The van der Waals surface area contributed by atoms with E-state index in [4.69, 9.17) is 5.73 Å². The molecule has 0 atom stereocenters. The summed E-state index contributed by atoms with van der Waals surface area (Å²) in [5.41, 5.74) is 6.27. The quantitative estimate of drug-likeness (QED) is 0.690. The van der Waals surface area contributed by atoms with Gasteiger partial charge in [-0.2, -0.15) is 0 Å². The number of nitrogens with two attached hydrogens (primary N) is 1. The van der Waals surface area contributed by atoms with Gasteiger partial charge in [0.25, 0.3) is 5.91 Å². The van der Waals surface area contributed by atoms with Crippen molar-refractivity contribution in [2.45, 2.75) is 13.3 Å². The van der Waals surface area contributed by atoms with Gasteiger partial charge in [-0.3, -0.25) is 9.59 Å². The Morgan fingerprint density at radius 2 is 2.21 bits per heavy atom. The van der Waals surface area contributed by atoms with Crippen LogP contribution in [0.25, 0.3) is 0 Å². The smallest absolute Gasteiger partial charge is 0.261 e. The maximum atomic E-state index is 11.8. The van der Waals surface area contributed by atoms with Crippen LogP contribution in [0.3, 0.4) is 0 Å². The van der Waals surface area contributed by atoms with Crippen LogP contribution in [0, 0.1) is 18.8 Å². The minimum atomic E-state index is -0.183. The van der Waals surface area contributed by atoms with Crippen LogP contribution >= 0.6 is 11.3 Å². The summed E-state index contributed by atoms with van der Waals surface area (Å²) in [5.74, 6) is 5.42. The second-order valence-electron chi connectivity index (χ2n) is 3.81. The lowest BCUT2D eigenvalue weighted by Crippen LogP contribution is -2.28. The van der Waals surface area contributed by atoms with Gasteiger partial charge in [-0.1, -0.05) is 11.8 Å². The minimum absolute atomic E-state index is 0.0999. The van der Waals surface area contributed by atoms with Crippen LogP contribution in [0.5, 0.6) is 0 Å². The Morgan fingerprint density at radius 3 is 2.84 bits per heavy atom. The van der Waals surface area contributed by atoms with E-state index in [1.54, 1.807) is 13.1 Å². The number of thiophene rings is 1. The Hall–Kier alpha value is -1.84. The van der Waals surface area contributed by atoms with Gasteiger partial charge in [-0.25, -0.2) is 0 Å². The molecule has 0 aliphatic carbocycles. The molecule has 1 heterocycles. The first-order chi connectivity index (χ1) is 9.08. The van der Waals surface area contributed by atoms with Gasteiger partial charge in [0.1, 0.15) is 0 Å². The van der Waals surface area contributed by atoms with E-state index >= 15 is 0 Å². The van der Waals surface area contributed by atoms with E-state index < -0.39 is 0 Å². The summed E-state index contributed by atoms with van der Waals surface area (Å²) in [7, 11) is 1.56. The normalized spacial score (nSPS) is 9.42. The fourth-order valence-electron chi connectivity index (χ4n) is 1.35. The first-order valence-electron chi connectivity index (χ1n) is 5.86. The summed E-state index contributed by atoms with van der Waals surface area (Å²) >= 11 is 1.33. The standard InChI is InChI=1S/C13H17N3O2S/c1-9-8-11(19-10(9)4-3-6-14)13(18)16-7-5-12(17)15-2/h8H,5-7,14H2,1-2H3,(H,15,17)(H,16,18). The maximum Gasteiger partial charge on any atom is 0.261 e. The summed E-state index contributed by atoms with van der Waals surface area (Å²) in [6, 6.07) is 1.79. The van der Waals surface area contributed by atoms with Crippen LogP contribution in [0.15, 0.2) is 6.07 Å². The van der Waals surface area contributed by atoms with E-state index in [0.717, 1.165) is 10.4 Å². The second kappa shape index (κ2) is 7.56. The molecule has 0 aromatic carbocycles. The molecule has 0 spiro atoms. The van der Waals surface area contributed by atoms with Crippen molar-refractivity contribution >= 4 is 23.2 Å². The van der Waals surface area contributed by atoms with Crippen molar-refractivity contribution in [2.75, 3.05) is 20.1 Å². The predicted molar refractivity (Wildman–Crippen MR) is 76.0 cm³/mol. The lowest BCUT2D eigenvalue weighted by molar-refractivity contribution is -0.120. The summed E-state index contributed by atoms with van der Waals surface area (Å²) in [4.78, 5) is 24.3. The topological polar surface area (TPSA) is 84.2 Å². The van der Waals surface area contributed by atoms with Crippen LogP contribution in [0.1, 0.15) is 26.5 Å². The van der Waals surface area contributed by atoms with Gasteiger partial charge in [0.15, 0.2) is 0 Å². The van der Waals surface area contributed by atoms with Crippen LogP contribution < -0.4 is 16.4 Å². The zero-order chi connectivity index (χ0) is 14.3. The molecule has 0 bridgehead atoms. The van der Waals surface area contributed by atoms with Crippen LogP contribution in [0.4, 0.5) is 0 Å². The molecule has 0 aliphatic heterocycles. The lowest BCUT2D eigenvalue weighted by atomic mass is 10.2. The Bertz CT molecular complexity index is 526. The number of nitrogens with one attached hydrogen (secondary N) is 2. The van der Waals surface area contributed by atoms with Gasteiger partial charge >= 0.3 is 0 Å². The van der Waals surface area contributed by atoms with Gasteiger partial charge in [-0.05, 0) is 18.6 Å². The van der Waals surface area contributed by atoms with E-state index in [1.807, 2.05) is 6.92 Å². The summed E-state index contributed by atoms with van der Waals surface area (Å²) in [6.07, 6.45) is 0.270. The number of hydrogen-bond donors (Lipinski definition) is 3. The first kappa shape index (κ1) is 15.2. The largest absolute Gasteiger partial charge is 0.359 e. The van der Waals surface area contributed by atoms with Crippen molar-refractivity contribution in [1.82, 2.24) is 10.6 Å². The van der Waals surface area contributed by atoms with E-state index in [2.05, 4.69) is 22.5 Å². The van der Waals surface area contributed by atoms with E-state index in [-0.39, 0.29) is 18.2 Å². The van der Waals surface area contributed by atoms with Crippen molar-refractivity contribution in [3.8, 4) is 11.8 Å². The fourth-order valence-corrected chi connectivity index (χ4v) is 2.31. The molecule has 1 aromatic rings. The van der Waals surface area contributed by atoms with Crippen molar-refractivity contribution in [3.05, 3.63) is 21.4 Å². The number of amides is 2. The minimum Gasteiger partial charge on any atom is -0.359 e. The number of carbonyl (C=O) groups excluding carboxylic acids is 2. The Balaban J connectivity index is 2.60. The highest BCUT2D eigenvalue weighted by Gasteiger charge is 2.11. The third-order valence-electron chi connectivity index (χ3n) is 2.36. The molecule has 1 rings (SSSR count). The molecular formula is C13H17N3O2S. The number of carbonyl (C=O) groups is 2. The van der Waals surface area contributed by atoms with Crippen LogP contribution in [0.2, 0.25) is 0 Å². The highest BCUT2D eigenvalue weighted by molar-refractivity contribution is 7.14. The van der Waals surface area contributed by atoms with Gasteiger partial charge in [0.2, 0.25) is 5.91 Å². The molecule has 0 saturated carbocycles. The zero-order valence-corrected chi connectivity index (χ0v) is 11.8. The Morgan fingerprint density at radius 1 is 1.47 bits per heavy atom. The molecule has 1 aromatic heterocycles. The molecule has 4 N–H and O–H groups in total. The molecule has 0 unspecified atom stereocenters. The van der Waals surface area contributed by atoms with Crippen LogP contribution in [-0.2, 0) is 4.79 Å². The molecule has 5 nitrogen and oxygen atoms in total. The maximum absolute atomic E-state index is 11.8.